The third-order valence-electron chi connectivity index (χ3n) is 3.32. The molecule has 3 rings (SSSR count). The fraction of sp³-hybridized carbons (Fsp3) is 0.231. The molecule has 0 saturated heterocycles. The first-order chi connectivity index (χ1) is 7.31. The Labute approximate surface area is 93.6 Å². The van der Waals surface area contributed by atoms with Crippen molar-refractivity contribution in [1.29, 1.82) is 0 Å². The molecule has 0 aliphatic heterocycles. The van der Waals surface area contributed by atoms with E-state index in [1.807, 2.05) is 0 Å². The van der Waals surface area contributed by atoms with Gasteiger partial charge in [0.25, 0.3) is 0 Å². The number of thiophene rings is 1. The summed E-state index contributed by atoms with van der Waals surface area (Å²) in [6, 6.07) is 10.7. The highest BCUT2D eigenvalue weighted by Crippen LogP contribution is 2.40. The molecule has 1 aliphatic rings. The average Bonchev–Trinajstić information content (AvgIpc) is 2.88. The second-order valence-electron chi connectivity index (χ2n) is 4.14. The number of fused-ring (bicyclic) bond motifs is 1. The number of rotatable bonds is 1. The minimum Gasteiger partial charge on any atom is -0.318 e. The van der Waals surface area contributed by atoms with Crippen molar-refractivity contribution < 1.29 is 0 Å². The van der Waals surface area contributed by atoms with E-state index in [1.165, 1.54) is 16.7 Å². The molecule has 2 heteroatoms. The van der Waals surface area contributed by atoms with E-state index in [1.54, 1.807) is 11.3 Å². The van der Waals surface area contributed by atoms with Gasteiger partial charge in [0, 0.05) is 0 Å². The van der Waals surface area contributed by atoms with Crippen LogP contribution in [0.2, 0.25) is 0 Å². The molecule has 0 saturated carbocycles. The molecule has 1 nitrogen and oxygen atoms in total. The fourth-order valence-electron chi connectivity index (χ4n) is 2.46. The zero-order chi connectivity index (χ0) is 10.3. The van der Waals surface area contributed by atoms with Crippen molar-refractivity contribution in [2.45, 2.75) is 18.4 Å². The quantitative estimate of drug-likeness (QED) is 0.777. The minimum atomic E-state index is -0.239. The summed E-state index contributed by atoms with van der Waals surface area (Å²) in [6.07, 6.45) is 2.13. The van der Waals surface area contributed by atoms with Crippen molar-refractivity contribution in [3.8, 4) is 0 Å². The van der Waals surface area contributed by atoms with Crippen molar-refractivity contribution in [3.63, 3.8) is 0 Å². The second kappa shape index (κ2) is 3.19. The summed E-state index contributed by atoms with van der Waals surface area (Å²) < 4.78 is 0. The molecule has 0 fully saturated rings. The van der Waals surface area contributed by atoms with Crippen LogP contribution < -0.4 is 5.73 Å². The lowest BCUT2D eigenvalue weighted by molar-refractivity contribution is 0.537. The Morgan fingerprint density at radius 2 is 2.07 bits per heavy atom. The molecule has 2 N–H and O–H groups in total. The van der Waals surface area contributed by atoms with Gasteiger partial charge in [-0.3, -0.25) is 0 Å². The zero-order valence-electron chi connectivity index (χ0n) is 8.44. The average molecular weight is 215 g/mol. The first kappa shape index (κ1) is 9.13. The van der Waals surface area contributed by atoms with Crippen LogP contribution in [0.25, 0.3) is 0 Å². The molecule has 15 heavy (non-hydrogen) atoms. The molecular formula is C13H13NS. The van der Waals surface area contributed by atoms with E-state index in [0.29, 0.717) is 0 Å². The van der Waals surface area contributed by atoms with Gasteiger partial charge in [0.2, 0.25) is 0 Å². The number of hydrogen-bond donors (Lipinski definition) is 1. The van der Waals surface area contributed by atoms with Crippen LogP contribution in [0, 0.1) is 0 Å². The molecule has 76 valence electrons. The predicted octanol–water partition coefficient (Wildman–Crippen LogP) is 2.90. The molecule has 1 atom stereocenters. The maximum atomic E-state index is 6.54. The predicted molar refractivity (Wildman–Crippen MR) is 64.0 cm³/mol. The van der Waals surface area contributed by atoms with Crippen molar-refractivity contribution in [2.24, 2.45) is 5.73 Å². The summed E-state index contributed by atoms with van der Waals surface area (Å²) in [5, 5.41) is 4.27. The van der Waals surface area contributed by atoms with Crippen LogP contribution in [-0.2, 0) is 12.0 Å². The van der Waals surface area contributed by atoms with E-state index < -0.39 is 0 Å². The van der Waals surface area contributed by atoms with Crippen molar-refractivity contribution in [2.75, 3.05) is 0 Å². The third kappa shape index (κ3) is 1.25. The lowest BCUT2D eigenvalue weighted by atomic mass is 9.87. The van der Waals surface area contributed by atoms with Gasteiger partial charge in [-0.05, 0) is 46.4 Å². The smallest absolute Gasteiger partial charge is 0.0679 e. The normalized spacial score (nSPS) is 24.1. The Hall–Kier alpha value is -1.12. The molecule has 0 spiro atoms. The standard InChI is InChI=1S/C13H13NS/c14-13(11-6-8-15-9-11)7-5-10-3-1-2-4-12(10)13/h1-4,6,8-9H,5,7,14H2. The van der Waals surface area contributed by atoms with Crippen LogP contribution in [0.15, 0.2) is 41.1 Å². The van der Waals surface area contributed by atoms with Crippen molar-refractivity contribution in [3.05, 3.63) is 57.8 Å². The minimum absolute atomic E-state index is 0.239. The van der Waals surface area contributed by atoms with E-state index in [0.717, 1.165) is 12.8 Å². The molecule has 1 aromatic heterocycles. The Balaban J connectivity index is 2.17. The Bertz CT molecular complexity index is 475. The Morgan fingerprint density at radius 3 is 2.87 bits per heavy atom. The lowest BCUT2D eigenvalue weighted by Crippen LogP contribution is -2.34. The Morgan fingerprint density at radius 1 is 1.20 bits per heavy atom. The van der Waals surface area contributed by atoms with E-state index in [4.69, 9.17) is 5.73 Å². The number of nitrogens with two attached hydrogens (primary N) is 1. The van der Waals surface area contributed by atoms with Gasteiger partial charge in [0.1, 0.15) is 0 Å². The van der Waals surface area contributed by atoms with Crippen molar-refractivity contribution in [1.82, 2.24) is 0 Å². The van der Waals surface area contributed by atoms with Gasteiger partial charge in [-0.15, -0.1) is 0 Å². The number of hydrogen-bond acceptors (Lipinski definition) is 2. The highest BCUT2D eigenvalue weighted by molar-refractivity contribution is 7.08. The van der Waals surface area contributed by atoms with Crippen LogP contribution in [0.1, 0.15) is 23.1 Å². The van der Waals surface area contributed by atoms with Crippen LogP contribution in [0.3, 0.4) is 0 Å². The highest BCUT2D eigenvalue weighted by Gasteiger charge is 2.36. The summed E-state index contributed by atoms with van der Waals surface area (Å²) in [7, 11) is 0. The fourth-order valence-corrected chi connectivity index (χ4v) is 3.20. The topological polar surface area (TPSA) is 26.0 Å². The third-order valence-corrected chi connectivity index (χ3v) is 4.01. The number of benzene rings is 1. The molecule has 0 radical (unpaired) electrons. The van der Waals surface area contributed by atoms with E-state index in [2.05, 4.69) is 41.1 Å². The lowest BCUT2D eigenvalue weighted by Gasteiger charge is -2.24. The van der Waals surface area contributed by atoms with Crippen LogP contribution >= 0.6 is 11.3 Å². The van der Waals surface area contributed by atoms with Gasteiger partial charge in [0.15, 0.2) is 0 Å². The van der Waals surface area contributed by atoms with Gasteiger partial charge in [0.05, 0.1) is 5.54 Å². The van der Waals surface area contributed by atoms with E-state index in [-0.39, 0.29) is 5.54 Å². The molecule has 1 heterocycles. The molecule has 2 aromatic rings. The van der Waals surface area contributed by atoms with Crippen LogP contribution in [0.4, 0.5) is 0 Å². The summed E-state index contributed by atoms with van der Waals surface area (Å²) in [6.45, 7) is 0. The molecule has 1 aromatic carbocycles. The van der Waals surface area contributed by atoms with Gasteiger partial charge in [-0.1, -0.05) is 24.3 Å². The first-order valence-electron chi connectivity index (χ1n) is 5.21. The Kier molecular flexibility index (Phi) is 1.94. The maximum absolute atomic E-state index is 6.54. The molecule has 0 bridgehead atoms. The van der Waals surface area contributed by atoms with Gasteiger partial charge in [-0.2, -0.15) is 11.3 Å². The van der Waals surface area contributed by atoms with Crippen LogP contribution in [0.5, 0.6) is 0 Å². The van der Waals surface area contributed by atoms with Gasteiger partial charge < -0.3 is 5.73 Å². The van der Waals surface area contributed by atoms with Gasteiger partial charge >= 0.3 is 0 Å². The van der Waals surface area contributed by atoms with Crippen molar-refractivity contribution >= 4 is 11.3 Å². The molecule has 1 unspecified atom stereocenters. The summed E-state index contributed by atoms with van der Waals surface area (Å²) in [5.41, 5.74) is 10.3. The second-order valence-corrected chi connectivity index (χ2v) is 4.92. The molecule has 0 amide bonds. The van der Waals surface area contributed by atoms with E-state index in [9.17, 15) is 0 Å². The SMILES string of the molecule is NC1(c2ccsc2)CCc2ccccc21. The monoisotopic (exact) mass is 215 g/mol. The highest BCUT2D eigenvalue weighted by atomic mass is 32.1. The zero-order valence-corrected chi connectivity index (χ0v) is 9.26. The summed E-state index contributed by atoms with van der Waals surface area (Å²) in [5.74, 6) is 0. The maximum Gasteiger partial charge on any atom is 0.0679 e. The summed E-state index contributed by atoms with van der Waals surface area (Å²) >= 11 is 1.72. The molecule has 1 aliphatic carbocycles. The summed E-state index contributed by atoms with van der Waals surface area (Å²) in [4.78, 5) is 0. The largest absolute Gasteiger partial charge is 0.318 e. The molecular weight excluding hydrogens is 202 g/mol. The van der Waals surface area contributed by atoms with Gasteiger partial charge in [-0.25, -0.2) is 0 Å². The van der Waals surface area contributed by atoms with E-state index >= 15 is 0 Å². The number of aryl methyl sites for hydroxylation is 1. The van der Waals surface area contributed by atoms with Crippen LogP contribution in [-0.4, -0.2) is 0 Å². The first-order valence-corrected chi connectivity index (χ1v) is 6.15.